The van der Waals surface area contributed by atoms with Crippen LogP contribution in [-0.4, -0.2) is 30.4 Å². The topological polar surface area (TPSA) is 71.0 Å². The van der Waals surface area contributed by atoms with E-state index in [-0.39, 0.29) is 0 Å². The Balaban J connectivity index is 1.77. The number of amides is 1. The van der Waals surface area contributed by atoms with Crippen LogP contribution in [0.2, 0.25) is 5.02 Å². The maximum Gasteiger partial charge on any atom is 0.355 e. The van der Waals surface area contributed by atoms with Crippen molar-refractivity contribution in [2.75, 3.05) is 12.1 Å². The summed E-state index contributed by atoms with van der Waals surface area (Å²) in [4.78, 5) is 27.6. The molecule has 7 heteroatoms. The highest BCUT2D eigenvalue weighted by Gasteiger charge is 2.60. The molecule has 37 heavy (non-hydrogen) atoms. The number of carbonyl (C=O) groups excluding carboxylic acids is 2. The molecule has 6 nitrogen and oxygen atoms in total. The molecule has 1 aliphatic rings. The highest BCUT2D eigenvalue weighted by Crippen LogP contribution is 2.44. The summed E-state index contributed by atoms with van der Waals surface area (Å²) in [5.41, 5.74) is 1.44. The summed E-state index contributed by atoms with van der Waals surface area (Å²) in [5, 5.41) is 10.2. The quantitative estimate of drug-likeness (QED) is 0.341. The summed E-state index contributed by atoms with van der Waals surface area (Å²) in [6.45, 7) is 0. The van der Waals surface area contributed by atoms with Crippen molar-refractivity contribution in [1.82, 2.24) is 5.32 Å². The number of para-hydroxylation sites is 1. The molecule has 0 unspecified atom stereocenters. The van der Waals surface area contributed by atoms with Crippen molar-refractivity contribution in [3.8, 4) is 0 Å². The molecule has 0 radical (unpaired) electrons. The monoisotopic (exact) mass is 509 g/mol. The average Bonchev–Trinajstić information content (AvgIpc) is 3.30. The largest absolute Gasteiger partial charge is 0.466 e. The van der Waals surface area contributed by atoms with Gasteiger partial charge in [0.1, 0.15) is 0 Å². The zero-order valence-electron chi connectivity index (χ0n) is 20.0. The van der Waals surface area contributed by atoms with Crippen molar-refractivity contribution >= 4 is 34.9 Å². The Hall–Kier alpha value is -4.42. The highest BCUT2D eigenvalue weighted by atomic mass is 35.5. The van der Waals surface area contributed by atoms with Crippen LogP contribution in [0.3, 0.4) is 0 Å². The van der Waals surface area contributed by atoms with Crippen LogP contribution in [0.15, 0.2) is 120 Å². The van der Waals surface area contributed by atoms with E-state index in [4.69, 9.17) is 21.4 Å². The van der Waals surface area contributed by atoms with Crippen LogP contribution in [-0.2, 0) is 9.53 Å². The van der Waals surface area contributed by atoms with Gasteiger partial charge in [-0.1, -0.05) is 90.5 Å². The molecule has 1 aliphatic heterocycles. The summed E-state index contributed by atoms with van der Waals surface area (Å²) < 4.78 is 5.39. The first kappa shape index (κ1) is 24.3. The molecule has 1 heterocycles. The molecule has 0 fully saturated rings. The van der Waals surface area contributed by atoms with Crippen molar-refractivity contribution in [2.24, 2.45) is 5.10 Å². The summed E-state index contributed by atoms with van der Waals surface area (Å²) >= 11 is 6.18. The Morgan fingerprint density at radius 3 is 2.00 bits per heavy atom. The summed E-state index contributed by atoms with van der Waals surface area (Å²) in [5.74, 6) is -1.79. The third-order valence-electron chi connectivity index (χ3n) is 6.34. The van der Waals surface area contributed by atoms with E-state index in [0.717, 1.165) is 11.1 Å². The first-order chi connectivity index (χ1) is 18.0. The minimum atomic E-state index is -1.72. The minimum Gasteiger partial charge on any atom is -0.466 e. The van der Waals surface area contributed by atoms with Crippen molar-refractivity contribution in [1.29, 1.82) is 0 Å². The predicted molar refractivity (Wildman–Crippen MR) is 145 cm³/mol. The number of esters is 1. The maximum atomic E-state index is 13.9. The van der Waals surface area contributed by atoms with Gasteiger partial charge in [0.2, 0.25) is 5.66 Å². The van der Waals surface area contributed by atoms with Crippen molar-refractivity contribution < 1.29 is 14.3 Å². The Morgan fingerprint density at radius 1 is 0.838 bits per heavy atom. The molecular formula is C30H24ClN3O3. The first-order valence-electron chi connectivity index (χ1n) is 11.7. The fourth-order valence-electron chi connectivity index (χ4n) is 4.66. The van der Waals surface area contributed by atoms with Gasteiger partial charge in [0.15, 0.2) is 0 Å². The van der Waals surface area contributed by atoms with Crippen molar-refractivity contribution in [3.05, 3.63) is 137 Å². The van der Waals surface area contributed by atoms with Gasteiger partial charge in [-0.2, -0.15) is 5.10 Å². The van der Waals surface area contributed by atoms with Crippen LogP contribution in [0.25, 0.3) is 0 Å². The lowest BCUT2D eigenvalue weighted by Crippen LogP contribution is -2.66. The molecular weight excluding hydrogens is 486 g/mol. The van der Waals surface area contributed by atoms with E-state index >= 15 is 0 Å². The van der Waals surface area contributed by atoms with Crippen LogP contribution in [0, 0.1) is 0 Å². The molecule has 1 amide bonds. The highest BCUT2D eigenvalue weighted by molar-refractivity contribution is 6.30. The van der Waals surface area contributed by atoms with Crippen LogP contribution < -0.4 is 10.3 Å². The van der Waals surface area contributed by atoms with Crippen molar-refractivity contribution in [3.63, 3.8) is 0 Å². The normalized spacial score (nSPS) is 18.7. The van der Waals surface area contributed by atoms with Gasteiger partial charge in [0.25, 0.3) is 5.91 Å². The van der Waals surface area contributed by atoms with E-state index in [1.54, 1.807) is 41.4 Å². The number of nitrogens with one attached hydrogen (secondary N) is 1. The Labute approximate surface area is 220 Å². The lowest BCUT2D eigenvalue weighted by Gasteiger charge is -2.40. The second-order valence-corrected chi connectivity index (χ2v) is 9.00. The second kappa shape index (κ2) is 10.3. The number of nitrogens with zero attached hydrogens (tertiary/aromatic N) is 2. The van der Waals surface area contributed by atoms with E-state index < -0.39 is 23.5 Å². The number of carbonyl (C=O) groups is 2. The zero-order valence-corrected chi connectivity index (χ0v) is 20.8. The van der Waals surface area contributed by atoms with Gasteiger partial charge in [-0.05, 0) is 47.5 Å². The molecule has 0 saturated carbocycles. The number of rotatable bonds is 6. The van der Waals surface area contributed by atoms with Crippen LogP contribution in [0.4, 0.5) is 5.69 Å². The molecule has 2 atom stereocenters. The Bertz CT molecular complexity index is 1430. The van der Waals surface area contributed by atoms with Gasteiger partial charge in [-0.15, -0.1) is 0 Å². The summed E-state index contributed by atoms with van der Waals surface area (Å²) in [6.07, 6.45) is 0. The van der Waals surface area contributed by atoms with Gasteiger partial charge in [0, 0.05) is 10.6 Å². The second-order valence-electron chi connectivity index (χ2n) is 8.56. The molecule has 1 N–H and O–H groups in total. The number of hydrogen-bond donors (Lipinski definition) is 1. The number of methoxy groups -OCH3 is 1. The molecule has 0 aromatic heterocycles. The fourth-order valence-corrected chi connectivity index (χ4v) is 4.78. The van der Waals surface area contributed by atoms with Crippen LogP contribution in [0.1, 0.15) is 27.4 Å². The third kappa shape index (κ3) is 4.47. The van der Waals surface area contributed by atoms with E-state index in [0.29, 0.717) is 22.0 Å². The average molecular weight is 510 g/mol. The van der Waals surface area contributed by atoms with Crippen molar-refractivity contribution in [2.45, 2.75) is 11.6 Å². The molecule has 0 saturated heterocycles. The molecule has 4 aromatic rings. The van der Waals surface area contributed by atoms with Gasteiger partial charge in [-0.3, -0.25) is 4.79 Å². The third-order valence-corrected chi connectivity index (χ3v) is 6.60. The fraction of sp³-hybridized carbons (Fsp3) is 0.100. The van der Waals surface area contributed by atoms with Crippen LogP contribution in [0.5, 0.6) is 0 Å². The Kier molecular flexibility index (Phi) is 6.75. The molecule has 0 aliphatic carbocycles. The number of hydrazone groups is 1. The number of hydrogen-bond acceptors (Lipinski definition) is 5. The van der Waals surface area contributed by atoms with E-state index in [9.17, 15) is 9.59 Å². The minimum absolute atomic E-state index is 0.408. The van der Waals surface area contributed by atoms with Gasteiger partial charge < -0.3 is 10.1 Å². The van der Waals surface area contributed by atoms with Gasteiger partial charge >= 0.3 is 5.97 Å². The number of benzene rings is 4. The number of anilines is 1. The summed E-state index contributed by atoms with van der Waals surface area (Å²) in [6, 6.07) is 34.8. The molecule has 4 aromatic carbocycles. The molecule has 0 spiro atoms. The smallest absolute Gasteiger partial charge is 0.355 e. The standard InChI is InChI=1S/C30H24ClN3O3/c1-37-29(36)30(32-28(35)23-13-7-3-8-14-23)26(21-11-5-2-6-12-21)27(22-17-19-24(31)20-18-22)33-34(30)25-15-9-4-10-16-25/h2-20,26H,1H3,(H,32,35)/t26-,30-/m1/s1. The predicted octanol–water partition coefficient (Wildman–Crippen LogP) is 5.65. The lowest BCUT2D eigenvalue weighted by atomic mass is 9.80. The number of ether oxygens (including phenoxy) is 1. The first-order valence-corrected chi connectivity index (χ1v) is 12.1. The molecule has 5 rings (SSSR count). The number of halogens is 1. The Morgan fingerprint density at radius 2 is 1.41 bits per heavy atom. The lowest BCUT2D eigenvalue weighted by molar-refractivity contribution is -0.148. The SMILES string of the molecule is COC(=O)[C@@]1(NC(=O)c2ccccc2)[C@H](c2ccccc2)C(c2ccc(Cl)cc2)=NN1c1ccccc1. The maximum absolute atomic E-state index is 13.9. The van der Waals surface area contributed by atoms with Gasteiger partial charge in [-0.25, -0.2) is 9.80 Å². The van der Waals surface area contributed by atoms with Crippen LogP contribution >= 0.6 is 11.6 Å². The van der Waals surface area contributed by atoms with E-state index in [2.05, 4.69) is 5.32 Å². The molecule has 184 valence electrons. The summed E-state index contributed by atoms with van der Waals surface area (Å²) in [7, 11) is 1.31. The molecule has 0 bridgehead atoms. The van der Waals surface area contributed by atoms with E-state index in [1.165, 1.54) is 7.11 Å². The zero-order chi connectivity index (χ0) is 25.8. The van der Waals surface area contributed by atoms with Gasteiger partial charge in [0.05, 0.1) is 24.4 Å². The van der Waals surface area contributed by atoms with E-state index in [1.807, 2.05) is 78.9 Å².